The van der Waals surface area contributed by atoms with Crippen LogP contribution in [0.15, 0.2) is 23.0 Å². The van der Waals surface area contributed by atoms with Crippen LogP contribution in [0.5, 0.6) is 0 Å². The first-order valence-electron chi connectivity index (χ1n) is 6.43. The van der Waals surface area contributed by atoms with Crippen molar-refractivity contribution in [1.82, 2.24) is 9.97 Å². The van der Waals surface area contributed by atoms with Crippen LogP contribution in [0.3, 0.4) is 0 Å². The van der Waals surface area contributed by atoms with Crippen molar-refractivity contribution in [3.63, 3.8) is 0 Å². The highest BCUT2D eigenvalue weighted by Gasteiger charge is 2.29. The summed E-state index contributed by atoms with van der Waals surface area (Å²) in [4.78, 5) is 19.7. The SMILES string of the molecule is Cc1ccc(C)c(-c2nc(C3CC3)c(I)c(=O)[nH]2)c1. The molecule has 0 bridgehead atoms. The zero-order chi connectivity index (χ0) is 13.6. The molecule has 0 aliphatic heterocycles. The summed E-state index contributed by atoms with van der Waals surface area (Å²) in [5.74, 6) is 1.19. The van der Waals surface area contributed by atoms with Gasteiger partial charge in [0.25, 0.3) is 5.56 Å². The van der Waals surface area contributed by atoms with Crippen LogP contribution in [-0.2, 0) is 0 Å². The van der Waals surface area contributed by atoms with Gasteiger partial charge in [0.15, 0.2) is 0 Å². The Kier molecular flexibility index (Phi) is 3.20. The first kappa shape index (κ1) is 12.8. The van der Waals surface area contributed by atoms with E-state index in [1.165, 1.54) is 5.56 Å². The number of halogens is 1. The lowest BCUT2D eigenvalue weighted by Gasteiger charge is -2.09. The van der Waals surface area contributed by atoms with E-state index in [2.05, 4.69) is 52.7 Å². The summed E-state index contributed by atoms with van der Waals surface area (Å²) >= 11 is 2.11. The van der Waals surface area contributed by atoms with Gasteiger partial charge in [-0.15, -0.1) is 0 Å². The van der Waals surface area contributed by atoms with E-state index in [1.54, 1.807) is 0 Å². The molecule has 1 N–H and O–H groups in total. The second kappa shape index (κ2) is 4.74. The van der Waals surface area contributed by atoms with Gasteiger partial charge in [-0.3, -0.25) is 4.79 Å². The molecule has 1 heterocycles. The fourth-order valence-electron chi connectivity index (χ4n) is 2.22. The molecule has 0 saturated heterocycles. The smallest absolute Gasteiger partial charge is 0.264 e. The van der Waals surface area contributed by atoms with E-state index in [4.69, 9.17) is 4.98 Å². The van der Waals surface area contributed by atoms with Crippen LogP contribution in [-0.4, -0.2) is 9.97 Å². The molecule has 0 amide bonds. The second-order valence-corrected chi connectivity index (χ2v) is 6.29. The molecule has 0 radical (unpaired) electrons. The Morgan fingerprint density at radius 1 is 1.32 bits per heavy atom. The lowest BCUT2D eigenvalue weighted by molar-refractivity contribution is 0.956. The van der Waals surface area contributed by atoms with Crippen molar-refractivity contribution in [1.29, 1.82) is 0 Å². The maximum absolute atomic E-state index is 12.1. The van der Waals surface area contributed by atoms with Crippen molar-refractivity contribution in [2.24, 2.45) is 0 Å². The Morgan fingerprint density at radius 2 is 2.05 bits per heavy atom. The molecule has 2 aromatic rings. The minimum absolute atomic E-state index is 0.0200. The molecule has 1 aliphatic rings. The number of benzene rings is 1. The maximum atomic E-state index is 12.1. The number of aryl methyl sites for hydroxylation is 2. The Morgan fingerprint density at radius 3 is 2.74 bits per heavy atom. The maximum Gasteiger partial charge on any atom is 0.264 e. The van der Waals surface area contributed by atoms with Crippen molar-refractivity contribution >= 4 is 22.6 Å². The molecule has 0 spiro atoms. The van der Waals surface area contributed by atoms with Crippen LogP contribution in [0, 0.1) is 17.4 Å². The van der Waals surface area contributed by atoms with Crippen molar-refractivity contribution in [3.05, 3.63) is 48.9 Å². The molecule has 19 heavy (non-hydrogen) atoms. The first-order valence-corrected chi connectivity index (χ1v) is 7.51. The lowest BCUT2D eigenvalue weighted by Crippen LogP contribution is -2.16. The minimum Gasteiger partial charge on any atom is -0.306 e. The number of hydrogen-bond donors (Lipinski definition) is 1. The quantitative estimate of drug-likeness (QED) is 0.827. The third-order valence-corrected chi connectivity index (χ3v) is 4.54. The molecule has 0 atom stereocenters. The second-order valence-electron chi connectivity index (χ2n) is 5.21. The average Bonchev–Trinajstić information content (AvgIpc) is 3.20. The van der Waals surface area contributed by atoms with Crippen molar-refractivity contribution in [3.8, 4) is 11.4 Å². The highest BCUT2D eigenvalue weighted by Crippen LogP contribution is 2.40. The molecule has 1 aromatic carbocycles. The molecular weight excluding hydrogens is 351 g/mol. The summed E-state index contributed by atoms with van der Waals surface area (Å²) in [5, 5.41) is 0. The molecule has 4 heteroatoms. The van der Waals surface area contributed by atoms with E-state index in [0.29, 0.717) is 11.7 Å². The lowest BCUT2D eigenvalue weighted by atomic mass is 10.0. The normalized spacial score (nSPS) is 14.7. The van der Waals surface area contributed by atoms with Gasteiger partial charge in [-0.05, 0) is 60.9 Å². The fraction of sp³-hybridized carbons (Fsp3) is 0.333. The van der Waals surface area contributed by atoms with Gasteiger partial charge in [-0.1, -0.05) is 17.7 Å². The zero-order valence-corrected chi connectivity index (χ0v) is 13.1. The van der Waals surface area contributed by atoms with Crippen LogP contribution < -0.4 is 5.56 Å². The van der Waals surface area contributed by atoms with E-state index < -0.39 is 0 Å². The van der Waals surface area contributed by atoms with Crippen LogP contribution in [0.2, 0.25) is 0 Å². The van der Waals surface area contributed by atoms with E-state index in [1.807, 2.05) is 6.92 Å². The first-order chi connectivity index (χ1) is 9.06. The topological polar surface area (TPSA) is 45.8 Å². The van der Waals surface area contributed by atoms with Crippen molar-refractivity contribution in [2.75, 3.05) is 0 Å². The third kappa shape index (κ3) is 2.45. The molecule has 98 valence electrons. The molecule has 0 unspecified atom stereocenters. The number of H-pyrrole nitrogens is 1. The van der Waals surface area contributed by atoms with Gasteiger partial charge in [0, 0.05) is 11.5 Å². The van der Waals surface area contributed by atoms with Gasteiger partial charge in [-0.25, -0.2) is 4.98 Å². The summed E-state index contributed by atoms with van der Waals surface area (Å²) in [7, 11) is 0. The van der Waals surface area contributed by atoms with Gasteiger partial charge < -0.3 is 4.98 Å². The predicted molar refractivity (Wildman–Crippen MR) is 84.5 cm³/mol. The monoisotopic (exact) mass is 366 g/mol. The van der Waals surface area contributed by atoms with Crippen LogP contribution in [0.1, 0.15) is 35.6 Å². The number of aromatic amines is 1. The molecule has 1 aliphatic carbocycles. The molecule has 3 nitrogen and oxygen atoms in total. The van der Waals surface area contributed by atoms with Gasteiger partial charge in [-0.2, -0.15) is 0 Å². The van der Waals surface area contributed by atoms with Gasteiger partial charge in [0.05, 0.1) is 9.26 Å². The Hall–Kier alpha value is -1.17. The Labute approximate surface area is 125 Å². The fourth-order valence-corrected chi connectivity index (χ4v) is 2.92. The minimum atomic E-state index is -0.0200. The van der Waals surface area contributed by atoms with Gasteiger partial charge in [0.2, 0.25) is 0 Å². The molecule has 1 fully saturated rings. The third-order valence-electron chi connectivity index (χ3n) is 3.50. The van der Waals surface area contributed by atoms with Crippen molar-refractivity contribution in [2.45, 2.75) is 32.6 Å². The number of aromatic nitrogens is 2. The van der Waals surface area contributed by atoms with Crippen LogP contribution in [0.4, 0.5) is 0 Å². The molecule has 1 saturated carbocycles. The van der Waals surface area contributed by atoms with Gasteiger partial charge >= 0.3 is 0 Å². The molecule has 1 aromatic heterocycles. The van der Waals surface area contributed by atoms with E-state index >= 15 is 0 Å². The standard InChI is InChI=1S/C15H15IN2O/c1-8-3-4-9(2)11(7-8)14-17-13(10-5-6-10)12(16)15(19)18-14/h3-4,7,10H,5-6H2,1-2H3,(H,17,18,19). The largest absolute Gasteiger partial charge is 0.306 e. The summed E-state index contributed by atoms with van der Waals surface area (Å²) in [6.45, 7) is 4.10. The summed E-state index contributed by atoms with van der Waals surface area (Å²) < 4.78 is 0.745. The average molecular weight is 366 g/mol. The number of hydrogen-bond acceptors (Lipinski definition) is 2. The summed E-state index contributed by atoms with van der Waals surface area (Å²) in [5.41, 5.74) is 4.29. The van der Waals surface area contributed by atoms with E-state index in [0.717, 1.165) is 33.2 Å². The Bertz CT molecular complexity index is 702. The zero-order valence-electron chi connectivity index (χ0n) is 11.0. The summed E-state index contributed by atoms with van der Waals surface area (Å²) in [6.07, 6.45) is 2.30. The van der Waals surface area contributed by atoms with Crippen molar-refractivity contribution < 1.29 is 0 Å². The van der Waals surface area contributed by atoms with E-state index in [-0.39, 0.29) is 5.56 Å². The molecule has 3 rings (SSSR count). The molecular formula is C15H15IN2O. The number of rotatable bonds is 2. The van der Waals surface area contributed by atoms with E-state index in [9.17, 15) is 4.79 Å². The van der Waals surface area contributed by atoms with Crippen LogP contribution >= 0.6 is 22.6 Å². The predicted octanol–water partition coefficient (Wildman–Crippen LogP) is 3.54. The summed E-state index contributed by atoms with van der Waals surface area (Å²) in [6, 6.07) is 6.22. The van der Waals surface area contributed by atoms with Gasteiger partial charge in [0.1, 0.15) is 5.82 Å². The number of nitrogens with zero attached hydrogens (tertiary/aromatic N) is 1. The Balaban J connectivity index is 2.20. The highest BCUT2D eigenvalue weighted by atomic mass is 127. The highest BCUT2D eigenvalue weighted by molar-refractivity contribution is 14.1. The number of nitrogens with one attached hydrogen (secondary N) is 1. The van der Waals surface area contributed by atoms with Crippen LogP contribution in [0.25, 0.3) is 11.4 Å².